The number of carbonyl (C=O) groups excluding carboxylic acids is 1. The van der Waals surface area contributed by atoms with Gasteiger partial charge in [0.05, 0.1) is 0 Å². The van der Waals surface area contributed by atoms with Crippen LogP contribution in [0.25, 0.3) is 0 Å². The van der Waals surface area contributed by atoms with Crippen molar-refractivity contribution in [2.75, 3.05) is 45.9 Å². The summed E-state index contributed by atoms with van der Waals surface area (Å²) >= 11 is 0. The quantitative estimate of drug-likeness (QED) is 0.382. The Bertz CT molecular complexity index is 377. The highest BCUT2D eigenvalue weighted by molar-refractivity contribution is 5.84. The zero-order valence-electron chi connectivity index (χ0n) is 14.5. The summed E-state index contributed by atoms with van der Waals surface area (Å²) in [5.41, 5.74) is 0. The van der Waals surface area contributed by atoms with Gasteiger partial charge >= 0.3 is 0 Å². The first-order valence-electron chi connectivity index (χ1n) is 9.17. The average molecular weight is 324 g/mol. The third-order valence-electron chi connectivity index (χ3n) is 4.23. The van der Waals surface area contributed by atoms with Crippen LogP contribution in [0.3, 0.4) is 0 Å². The molecular formula is C17H32N4O2. The minimum absolute atomic E-state index is 0.134. The number of rotatable bonds is 9. The lowest BCUT2D eigenvalue weighted by Gasteiger charge is -2.26. The second-order valence-corrected chi connectivity index (χ2v) is 6.44. The molecule has 6 nitrogen and oxygen atoms in total. The number of nitrogens with zero attached hydrogens (tertiary/aromatic N) is 2. The Kier molecular flexibility index (Phi) is 8.21. The van der Waals surface area contributed by atoms with Gasteiger partial charge in [0.1, 0.15) is 6.54 Å². The lowest BCUT2D eigenvalue weighted by molar-refractivity contribution is -0.130. The molecule has 2 N–H and O–H groups in total. The largest absolute Gasteiger partial charge is 0.381 e. The number of carbonyl (C=O) groups is 1. The smallest absolute Gasteiger partial charge is 0.244 e. The first kappa shape index (κ1) is 18.0. The number of ether oxygens (including phenoxy) is 1. The molecule has 0 unspecified atom stereocenters. The Morgan fingerprint density at radius 1 is 1.22 bits per heavy atom. The van der Waals surface area contributed by atoms with Gasteiger partial charge < -0.3 is 20.3 Å². The van der Waals surface area contributed by atoms with E-state index in [2.05, 4.69) is 15.6 Å². The van der Waals surface area contributed by atoms with Gasteiger partial charge in [-0.2, -0.15) is 0 Å². The molecule has 1 heterocycles. The Hall–Kier alpha value is -1.30. The third kappa shape index (κ3) is 7.68. The molecule has 0 spiro atoms. The van der Waals surface area contributed by atoms with Crippen molar-refractivity contribution in [3.63, 3.8) is 0 Å². The number of aliphatic imine (C=N–C) groups is 1. The van der Waals surface area contributed by atoms with Gasteiger partial charge in [0.25, 0.3) is 0 Å². The average Bonchev–Trinajstić information content (AvgIpc) is 3.40. The number of hydrogen-bond donors (Lipinski definition) is 2. The topological polar surface area (TPSA) is 66.0 Å². The molecule has 0 aromatic carbocycles. The van der Waals surface area contributed by atoms with E-state index in [9.17, 15) is 4.79 Å². The van der Waals surface area contributed by atoms with E-state index in [4.69, 9.17) is 4.74 Å². The maximum atomic E-state index is 12.1. The fraction of sp³-hybridized carbons (Fsp3) is 0.882. The van der Waals surface area contributed by atoms with Crippen molar-refractivity contribution in [3.8, 4) is 0 Å². The van der Waals surface area contributed by atoms with Gasteiger partial charge in [-0.1, -0.05) is 0 Å². The van der Waals surface area contributed by atoms with E-state index in [0.29, 0.717) is 0 Å². The molecule has 2 aliphatic rings. The predicted molar refractivity (Wildman–Crippen MR) is 92.6 cm³/mol. The monoisotopic (exact) mass is 324 g/mol. The van der Waals surface area contributed by atoms with Crippen molar-refractivity contribution in [1.82, 2.24) is 15.5 Å². The SMILES string of the molecule is CCNC(=NCC(=O)N1CCCCC1)NCCCOCC1CC1. The van der Waals surface area contributed by atoms with Crippen LogP contribution in [-0.4, -0.2) is 62.7 Å². The molecule has 6 heteroatoms. The fourth-order valence-electron chi connectivity index (χ4n) is 2.65. The Morgan fingerprint density at radius 2 is 2.00 bits per heavy atom. The Morgan fingerprint density at radius 3 is 2.70 bits per heavy atom. The van der Waals surface area contributed by atoms with Gasteiger partial charge in [-0.3, -0.25) is 4.79 Å². The van der Waals surface area contributed by atoms with Crippen LogP contribution in [0.15, 0.2) is 4.99 Å². The van der Waals surface area contributed by atoms with Crippen LogP contribution < -0.4 is 10.6 Å². The van der Waals surface area contributed by atoms with E-state index < -0.39 is 0 Å². The third-order valence-corrected chi connectivity index (χ3v) is 4.23. The van der Waals surface area contributed by atoms with Crippen LogP contribution in [0.4, 0.5) is 0 Å². The summed E-state index contributed by atoms with van der Waals surface area (Å²) in [7, 11) is 0. The molecule has 1 saturated heterocycles. The zero-order valence-corrected chi connectivity index (χ0v) is 14.5. The summed E-state index contributed by atoms with van der Waals surface area (Å²) in [6.45, 7) is 7.34. The molecule has 0 atom stereocenters. The molecule has 0 bridgehead atoms. The second kappa shape index (κ2) is 10.5. The van der Waals surface area contributed by atoms with Crippen LogP contribution in [0.2, 0.25) is 0 Å². The van der Waals surface area contributed by atoms with Gasteiger partial charge in [0.2, 0.25) is 5.91 Å². The minimum atomic E-state index is 0.134. The highest BCUT2D eigenvalue weighted by atomic mass is 16.5. The number of guanidine groups is 1. The van der Waals surface area contributed by atoms with Crippen LogP contribution >= 0.6 is 0 Å². The van der Waals surface area contributed by atoms with Crippen LogP contribution in [0.1, 0.15) is 45.4 Å². The molecule has 0 aromatic rings. The molecule has 1 aliphatic heterocycles. The summed E-state index contributed by atoms with van der Waals surface area (Å²) < 4.78 is 5.62. The van der Waals surface area contributed by atoms with Crippen LogP contribution in [0, 0.1) is 5.92 Å². The van der Waals surface area contributed by atoms with Crippen molar-refractivity contribution in [1.29, 1.82) is 0 Å². The number of amides is 1. The minimum Gasteiger partial charge on any atom is -0.381 e. The van der Waals surface area contributed by atoms with E-state index in [1.807, 2.05) is 11.8 Å². The molecule has 132 valence electrons. The molecule has 1 amide bonds. The summed E-state index contributed by atoms with van der Waals surface area (Å²) in [5.74, 6) is 1.68. The molecular weight excluding hydrogens is 292 g/mol. The summed E-state index contributed by atoms with van der Waals surface area (Å²) in [6, 6.07) is 0. The maximum Gasteiger partial charge on any atom is 0.244 e. The van der Waals surface area contributed by atoms with Gasteiger partial charge in [-0.15, -0.1) is 0 Å². The van der Waals surface area contributed by atoms with E-state index in [1.165, 1.54) is 19.3 Å². The summed E-state index contributed by atoms with van der Waals surface area (Å²) in [5, 5.41) is 6.46. The van der Waals surface area contributed by atoms with Crippen molar-refractivity contribution < 1.29 is 9.53 Å². The van der Waals surface area contributed by atoms with Gasteiger partial charge in [-0.25, -0.2) is 4.99 Å². The van der Waals surface area contributed by atoms with Crippen molar-refractivity contribution in [3.05, 3.63) is 0 Å². The van der Waals surface area contributed by atoms with E-state index in [-0.39, 0.29) is 12.5 Å². The first-order valence-corrected chi connectivity index (χ1v) is 9.17. The molecule has 0 radical (unpaired) electrons. The highest BCUT2D eigenvalue weighted by Gasteiger charge is 2.20. The van der Waals surface area contributed by atoms with Crippen LogP contribution in [0.5, 0.6) is 0 Å². The number of likely N-dealkylation sites (tertiary alicyclic amines) is 1. The molecule has 23 heavy (non-hydrogen) atoms. The predicted octanol–water partition coefficient (Wildman–Crippen LogP) is 1.37. The second-order valence-electron chi connectivity index (χ2n) is 6.44. The highest BCUT2D eigenvalue weighted by Crippen LogP contribution is 2.28. The van der Waals surface area contributed by atoms with Crippen LogP contribution in [-0.2, 0) is 9.53 Å². The van der Waals surface area contributed by atoms with Gasteiger partial charge in [0.15, 0.2) is 5.96 Å². The standard InChI is InChI=1S/C17H32N4O2/c1-2-18-17(19-9-6-12-23-14-15-7-8-15)20-13-16(22)21-10-4-3-5-11-21/h15H,2-14H2,1H3,(H2,18,19,20). The van der Waals surface area contributed by atoms with E-state index in [1.54, 1.807) is 0 Å². The van der Waals surface area contributed by atoms with Crippen molar-refractivity contribution in [2.45, 2.75) is 45.4 Å². The first-order chi connectivity index (χ1) is 11.3. The van der Waals surface area contributed by atoms with E-state index in [0.717, 1.165) is 70.5 Å². The molecule has 0 aromatic heterocycles. The molecule has 1 saturated carbocycles. The molecule has 1 aliphatic carbocycles. The number of nitrogens with one attached hydrogen (secondary N) is 2. The van der Waals surface area contributed by atoms with E-state index >= 15 is 0 Å². The number of hydrogen-bond acceptors (Lipinski definition) is 3. The Balaban J connectivity index is 1.61. The van der Waals surface area contributed by atoms with Gasteiger partial charge in [0, 0.05) is 39.4 Å². The summed E-state index contributed by atoms with van der Waals surface area (Å²) in [6.07, 6.45) is 7.10. The molecule has 2 fully saturated rings. The lowest BCUT2D eigenvalue weighted by Crippen LogP contribution is -2.40. The normalized spacial score (nSPS) is 18.8. The van der Waals surface area contributed by atoms with Crippen molar-refractivity contribution in [2.24, 2.45) is 10.9 Å². The summed E-state index contributed by atoms with van der Waals surface area (Å²) in [4.78, 5) is 18.5. The van der Waals surface area contributed by atoms with Gasteiger partial charge in [-0.05, 0) is 51.4 Å². The lowest BCUT2D eigenvalue weighted by atomic mass is 10.1. The number of piperidine rings is 1. The maximum absolute atomic E-state index is 12.1. The molecule has 2 rings (SSSR count). The Labute approximate surface area is 140 Å². The fourth-order valence-corrected chi connectivity index (χ4v) is 2.65. The van der Waals surface area contributed by atoms with Crippen molar-refractivity contribution >= 4 is 11.9 Å². The zero-order chi connectivity index (χ0) is 16.3.